The summed E-state index contributed by atoms with van der Waals surface area (Å²) in [5.74, 6) is 1.85. The zero-order valence-corrected chi connectivity index (χ0v) is 13.2. The molecule has 0 aromatic heterocycles. The van der Waals surface area contributed by atoms with E-state index in [0.717, 1.165) is 44.4 Å². The molecule has 3 aliphatic carbocycles. The maximum atomic E-state index is 12.4. The summed E-state index contributed by atoms with van der Waals surface area (Å²) < 4.78 is 0. The van der Waals surface area contributed by atoms with E-state index >= 15 is 0 Å². The average Bonchev–Trinajstić information content (AvgIpc) is 3.07. The number of aliphatic hydroxyl groups is 1. The molecule has 4 heteroatoms. The van der Waals surface area contributed by atoms with Gasteiger partial charge in [0.2, 0.25) is 5.91 Å². The van der Waals surface area contributed by atoms with Gasteiger partial charge in [-0.05, 0) is 62.7 Å². The van der Waals surface area contributed by atoms with E-state index in [-0.39, 0.29) is 17.9 Å². The molecule has 0 aromatic rings. The van der Waals surface area contributed by atoms with Crippen LogP contribution in [0.25, 0.3) is 0 Å². The predicted molar refractivity (Wildman–Crippen MR) is 82.5 cm³/mol. The summed E-state index contributed by atoms with van der Waals surface area (Å²) in [6, 6.07) is 0.0363. The third-order valence-corrected chi connectivity index (χ3v) is 6.49. The van der Waals surface area contributed by atoms with Gasteiger partial charge in [0.1, 0.15) is 0 Å². The van der Waals surface area contributed by atoms with Crippen LogP contribution >= 0.6 is 0 Å². The molecule has 0 heterocycles. The number of carbonyl (C=O) groups is 1. The lowest BCUT2D eigenvalue weighted by atomic mass is 9.77. The summed E-state index contributed by atoms with van der Waals surface area (Å²) >= 11 is 0. The van der Waals surface area contributed by atoms with Crippen LogP contribution in [-0.4, -0.2) is 29.2 Å². The van der Waals surface area contributed by atoms with Crippen molar-refractivity contribution in [2.75, 3.05) is 6.54 Å². The van der Waals surface area contributed by atoms with Crippen LogP contribution in [0, 0.1) is 23.7 Å². The molecular weight excluding hydrogens is 264 g/mol. The molecule has 0 saturated heterocycles. The van der Waals surface area contributed by atoms with Crippen LogP contribution < -0.4 is 11.1 Å². The Labute approximate surface area is 127 Å². The lowest BCUT2D eigenvalue weighted by Crippen LogP contribution is -2.50. The highest BCUT2D eigenvalue weighted by Gasteiger charge is 2.49. The number of rotatable bonds is 4. The van der Waals surface area contributed by atoms with Gasteiger partial charge < -0.3 is 16.2 Å². The van der Waals surface area contributed by atoms with Gasteiger partial charge in [-0.15, -0.1) is 0 Å². The van der Waals surface area contributed by atoms with Crippen molar-refractivity contribution in [1.82, 2.24) is 5.32 Å². The molecule has 0 spiro atoms. The Morgan fingerprint density at radius 2 is 1.90 bits per heavy atom. The molecule has 4 N–H and O–H groups in total. The van der Waals surface area contributed by atoms with Gasteiger partial charge in [-0.25, -0.2) is 0 Å². The fourth-order valence-electron chi connectivity index (χ4n) is 4.89. The fraction of sp³-hybridized carbons (Fsp3) is 0.941. The van der Waals surface area contributed by atoms with E-state index in [1.54, 1.807) is 0 Å². The molecule has 3 aliphatic rings. The zero-order valence-electron chi connectivity index (χ0n) is 13.2. The normalized spacial score (nSPS) is 45.8. The van der Waals surface area contributed by atoms with Crippen LogP contribution in [0.4, 0.5) is 0 Å². The van der Waals surface area contributed by atoms with E-state index in [1.165, 1.54) is 12.8 Å². The van der Waals surface area contributed by atoms with Gasteiger partial charge in [0.05, 0.1) is 11.5 Å². The van der Waals surface area contributed by atoms with Gasteiger partial charge in [-0.2, -0.15) is 0 Å². The molecule has 2 bridgehead atoms. The highest BCUT2D eigenvalue weighted by molar-refractivity contribution is 5.80. The molecule has 0 radical (unpaired) electrons. The second-order valence-electron chi connectivity index (χ2n) is 7.73. The topological polar surface area (TPSA) is 75.3 Å². The van der Waals surface area contributed by atoms with Crippen molar-refractivity contribution in [3.63, 3.8) is 0 Å². The molecule has 0 aliphatic heterocycles. The van der Waals surface area contributed by atoms with Gasteiger partial charge >= 0.3 is 0 Å². The van der Waals surface area contributed by atoms with Crippen LogP contribution in [0.5, 0.6) is 0 Å². The molecule has 21 heavy (non-hydrogen) atoms. The van der Waals surface area contributed by atoms with Crippen molar-refractivity contribution >= 4 is 5.91 Å². The lowest BCUT2D eigenvalue weighted by molar-refractivity contribution is -0.128. The van der Waals surface area contributed by atoms with Gasteiger partial charge in [0, 0.05) is 12.6 Å². The number of nitrogens with one attached hydrogen (secondary N) is 1. The summed E-state index contributed by atoms with van der Waals surface area (Å²) in [6.07, 6.45) is 8.46. The largest absolute Gasteiger partial charge is 0.388 e. The van der Waals surface area contributed by atoms with E-state index in [2.05, 4.69) is 12.2 Å². The minimum Gasteiger partial charge on any atom is -0.388 e. The van der Waals surface area contributed by atoms with Crippen LogP contribution in [0.15, 0.2) is 0 Å². The third-order valence-electron chi connectivity index (χ3n) is 6.49. The molecule has 120 valence electrons. The second kappa shape index (κ2) is 5.88. The van der Waals surface area contributed by atoms with Crippen molar-refractivity contribution in [3.8, 4) is 0 Å². The number of amides is 1. The summed E-state index contributed by atoms with van der Waals surface area (Å²) in [5.41, 5.74) is 5.53. The smallest absolute Gasteiger partial charge is 0.225 e. The first-order chi connectivity index (χ1) is 10.0. The van der Waals surface area contributed by atoms with Crippen LogP contribution in [0.3, 0.4) is 0 Å². The van der Waals surface area contributed by atoms with E-state index in [4.69, 9.17) is 5.73 Å². The summed E-state index contributed by atoms with van der Waals surface area (Å²) in [5, 5.41) is 13.6. The molecular formula is C17H30N2O2. The number of fused-ring (bicyclic) bond motifs is 2. The first-order valence-corrected chi connectivity index (χ1v) is 8.78. The molecule has 0 aromatic carbocycles. The number of hydrogen-bond acceptors (Lipinski definition) is 3. The lowest BCUT2D eigenvalue weighted by Gasteiger charge is -2.36. The predicted octanol–water partition coefficient (Wildman–Crippen LogP) is 1.81. The van der Waals surface area contributed by atoms with E-state index in [9.17, 15) is 9.90 Å². The maximum absolute atomic E-state index is 12.4. The van der Waals surface area contributed by atoms with E-state index in [1.807, 2.05) is 0 Å². The Bertz CT molecular complexity index is 388. The van der Waals surface area contributed by atoms with Gasteiger partial charge in [0.15, 0.2) is 0 Å². The van der Waals surface area contributed by atoms with Gasteiger partial charge in [0.25, 0.3) is 0 Å². The average molecular weight is 294 g/mol. The monoisotopic (exact) mass is 294 g/mol. The number of nitrogens with two attached hydrogens (primary N) is 1. The Morgan fingerprint density at radius 3 is 2.48 bits per heavy atom. The molecule has 1 amide bonds. The second-order valence-corrected chi connectivity index (χ2v) is 7.73. The minimum atomic E-state index is -0.691. The van der Waals surface area contributed by atoms with E-state index in [0.29, 0.717) is 18.4 Å². The first kappa shape index (κ1) is 15.3. The summed E-state index contributed by atoms with van der Waals surface area (Å²) in [7, 11) is 0. The van der Waals surface area contributed by atoms with Crippen LogP contribution in [0.1, 0.15) is 58.3 Å². The molecule has 3 fully saturated rings. The molecule has 3 rings (SSSR count). The highest BCUT2D eigenvalue weighted by atomic mass is 16.3. The maximum Gasteiger partial charge on any atom is 0.225 e. The van der Waals surface area contributed by atoms with Crippen LogP contribution in [0.2, 0.25) is 0 Å². The number of hydrogen-bond donors (Lipinski definition) is 3. The van der Waals surface area contributed by atoms with Gasteiger partial charge in [-0.3, -0.25) is 4.79 Å². The highest BCUT2D eigenvalue weighted by Crippen LogP contribution is 2.47. The molecule has 4 atom stereocenters. The van der Waals surface area contributed by atoms with Crippen molar-refractivity contribution in [2.45, 2.75) is 69.9 Å². The first-order valence-electron chi connectivity index (χ1n) is 8.78. The van der Waals surface area contributed by atoms with Crippen molar-refractivity contribution in [3.05, 3.63) is 0 Å². The SMILES string of the molecule is CCC1CCC(O)(CNC(=O)C2C3CCC(C3)C2N)CC1. The quantitative estimate of drug-likeness (QED) is 0.740. The Kier molecular flexibility index (Phi) is 4.28. The molecule has 3 saturated carbocycles. The molecule has 4 unspecified atom stereocenters. The van der Waals surface area contributed by atoms with Gasteiger partial charge in [-0.1, -0.05) is 13.3 Å². The van der Waals surface area contributed by atoms with Crippen molar-refractivity contribution < 1.29 is 9.90 Å². The minimum absolute atomic E-state index is 0.0145. The Morgan fingerprint density at radius 1 is 1.24 bits per heavy atom. The van der Waals surface area contributed by atoms with Crippen LogP contribution in [-0.2, 0) is 4.79 Å². The zero-order chi connectivity index (χ0) is 15.0. The standard InChI is InChI=1S/C17H30N2O2/c1-2-11-5-7-17(21,8-6-11)10-19-16(20)14-12-3-4-13(9-12)15(14)18/h11-15,21H,2-10,18H2,1H3,(H,19,20). The van der Waals surface area contributed by atoms with Crippen molar-refractivity contribution in [2.24, 2.45) is 29.4 Å². The fourth-order valence-corrected chi connectivity index (χ4v) is 4.89. The molecule has 4 nitrogen and oxygen atoms in total. The third kappa shape index (κ3) is 2.98. The Hall–Kier alpha value is -0.610. The summed E-state index contributed by atoms with van der Waals surface area (Å²) in [4.78, 5) is 12.4. The number of carbonyl (C=O) groups excluding carboxylic acids is 1. The van der Waals surface area contributed by atoms with E-state index < -0.39 is 5.60 Å². The van der Waals surface area contributed by atoms with Crippen molar-refractivity contribution in [1.29, 1.82) is 0 Å². The Balaban J connectivity index is 1.50. The summed E-state index contributed by atoms with van der Waals surface area (Å²) in [6.45, 7) is 2.62.